The second-order valence-electron chi connectivity index (χ2n) is 6.82. The van der Waals surface area contributed by atoms with Gasteiger partial charge in [-0.1, -0.05) is 23.4 Å². The maximum atomic E-state index is 12.8. The molecule has 1 unspecified atom stereocenters. The Bertz CT molecular complexity index is 758. The average Bonchev–Trinajstić information content (AvgIpc) is 3.19. The fourth-order valence-electron chi connectivity index (χ4n) is 3.79. The lowest BCUT2D eigenvalue weighted by molar-refractivity contribution is -0.123. The summed E-state index contributed by atoms with van der Waals surface area (Å²) in [6, 6.07) is 10.5. The van der Waals surface area contributed by atoms with E-state index >= 15 is 0 Å². The van der Waals surface area contributed by atoms with E-state index in [9.17, 15) is 4.79 Å². The summed E-state index contributed by atoms with van der Waals surface area (Å²) in [5.74, 6) is 0.745. The third kappa shape index (κ3) is 3.45. The second kappa shape index (κ2) is 6.98. The lowest BCUT2D eigenvalue weighted by Crippen LogP contribution is -2.42. The lowest BCUT2D eigenvalue weighted by atomic mass is 10.1. The number of nitrogens with zero attached hydrogens (tertiary/aromatic N) is 3. The number of rotatable bonds is 4. The summed E-state index contributed by atoms with van der Waals surface area (Å²) in [7, 11) is 0. The number of aromatic nitrogens is 1. The highest BCUT2D eigenvalue weighted by Crippen LogP contribution is 2.31. The number of carbonyl (C=O) groups excluding carboxylic acids is 1. The molecule has 1 fully saturated rings. The monoisotopic (exact) mass is 341 g/mol. The van der Waals surface area contributed by atoms with Crippen LogP contribution < -0.4 is 4.90 Å². The number of fused-ring (bicyclic) bond motifs is 2. The first kappa shape index (κ1) is 16.3. The van der Waals surface area contributed by atoms with Gasteiger partial charge in [0.1, 0.15) is 18.1 Å². The van der Waals surface area contributed by atoms with Crippen molar-refractivity contribution in [2.24, 2.45) is 0 Å². The molecule has 6 nitrogen and oxygen atoms in total. The fourth-order valence-corrected chi connectivity index (χ4v) is 3.79. The molecule has 0 saturated carbocycles. The Morgan fingerprint density at radius 2 is 2.28 bits per heavy atom. The average molecular weight is 341 g/mol. The van der Waals surface area contributed by atoms with E-state index in [1.165, 1.54) is 12.0 Å². The van der Waals surface area contributed by atoms with Crippen LogP contribution in [-0.2, 0) is 22.7 Å². The van der Waals surface area contributed by atoms with Crippen molar-refractivity contribution in [1.29, 1.82) is 0 Å². The molecule has 1 aromatic heterocycles. The van der Waals surface area contributed by atoms with Gasteiger partial charge in [0.2, 0.25) is 0 Å². The van der Waals surface area contributed by atoms with E-state index in [0.29, 0.717) is 11.7 Å². The number of anilines is 1. The van der Waals surface area contributed by atoms with Crippen LogP contribution in [0.25, 0.3) is 0 Å². The van der Waals surface area contributed by atoms with E-state index in [4.69, 9.17) is 9.26 Å². The third-order valence-corrected chi connectivity index (χ3v) is 5.00. The summed E-state index contributed by atoms with van der Waals surface area (Å²) in [5.41, 5.74) is 2.94. The quantitative estimate of drug-likeness (QED) is 0.855. The fraction of sp³-hybridized carbons (Fsp3) is 0.474. The highest BCUT2D eigenvalue weighted by Gasteiger charge is 2.33. The Morgan fingerprint density at radius 1 is 1.40 bits per heavy atom. The molecule has 6 heteroatoms. The van der Waals surface area contributed by atoms with Gasteiger partial charge in [-0.05, 0) is 37.9 Å². The van der Waals surface area contributed by atoms with Crippen LogP contribution in [0.5, 0.6) is 0 Å². The molecule has 1 saturated heterocycles. The SMILES string of the molecule is Cc1cc(COCC(=O)N2CC3CCCN3Cc3ccccc32)no1. The minimum absolute atomic E-state index is 0.00131. The van der Waals surface area contributed by atoms with Gasteiger partial charge in [-0.3, -0.25) is 9.69 Å². The largest absolute Gasteiger partial charge is 0.365 e. The van der Waals surface area contributed by atoms with Crippen molar-refractivity contribution in [1.82, 2.24) is 10.1 Å². The van der Waals surface area contributed by atoms with Crippen LogP contribution in [0.3, 0.4) is 0 Å². The molecule has 4 rings (SSSR count). The first-order chi connectivity index (χ1) is 12.2. The van der Waals surface area contributed by atoms with Crippen LogP contribution in [0.1, 0.15) is 29.9 Å². The van der Waals surface area contributed by atoms with Gasteiger partial charge in [0, 0.05) is 30.9 Å². The predicted octanol–water partition coefficient (Wildman–Crippen LogP) is 2.51. The van der Waals surface area contributed by atoms with Crippen LogP contribution in [0.15, 0.2) is 34.9 Å². The number of benzene rings is 1. The molecule has 25 heavy (non-hydrogen) atoms. The smallest absolute Gasteiger partial charge is 0.253 e. The van der Waals surface area contributed by atoms with Crippen molar-refractivity contribution >= 4 is 11.6 Å². The summed E-state index contributed by atoms with van der Waals surface area (Å²) in [6.45, 7) is 4.94. The molecule has 1 aromatic carbocycles. The van der Waals surface area contributed by atoms with Gasteiger partial charge in [-0.25, -0.2) is 0 Å². The highest BCUT2D eigenvalue weighted by atomic mass is 16.5. The van der Waals surface area contributed by atoms with Crippen molar-refractivity contribution in [3.63, 3.8) is 0 Å². The number of ether oxygens (including phenoxy) is 1. The van der Waals surface area contributed by atoms with E-state index in [-0.39, 0.29) is 19.1 Å². The Morgan fingerprint density at radius 3 is 3.12 bits per heavy atom. The lowest BCUT2D eigenvalue weighted by Gasteiger charge is -2.26. The Kier molecular flexibility index (Phi) is 4.55. The molecule has 3 heterocycles. The maximum Gasteiger partial charge on any atom is 0.253 e. The number of aryl methyl sites for hydroxylation is 1. The summed E-state index contributed by atoms with van der Waals surface area (Å²) in [6.07, 6.45) is 2.35. The summed E-state index contributed by atoms with van der Waals surface area (Å²) in [5, 5.41) is 3.89. The van der Waals surface area contributed by atoms with E-state index in [1.54, 1.807) is 0 Å². The molecule has 0 bridgehead atoms. The first-order valence-electron chi connectivity index (χ1n) is 8.83. The number of hydrogen-bond acceptors (Lipinski definition) is 5. The van der Waals surface area contributed by atoms with Crippen LogP contribution in [0.2, 0.25) is 0 Å². The number of carbonyl (C=O) groups is 1. The molecule has 0 radical (unpaired) electrons. The molecule has 0 spiro atoms. The molecule has 0 N–H and O–H groups in total. The predicted molar refractivity (Wildman–Crippen MR) is 93.1 cm³/mol. The molecule has 2 aliphatic rings. The van der Waals surface area contributed by atoms with E-state index in [2.05, 4.69) is 16.1 Å². The summed E-state index contributed by atoms with van der Waals surface area (Å²) >= 11 is 0. The summed E-state index contributed by atoms with van der Waals surface area (Å²) in [4.78, 5) is 17.2. The van der Waals surface area contributed by atoms with Crippen molar-refractivity contribution in [2.75, 3.05) is 24.6 Å². The normalized spacial score (nSPS) is 20.2. The van der Waals surface area contributed by atoms with Crippen LogP contribution in [0, 0.1) is 6.92 Å². The molecule has 1 atom stereocenters. The van der Waals surface area contributed by atoms with E-state index in [0.717, 1.165) is 37.5 Å². The Hall–Kier alpha value is -2.18. The minimum Gasteiger partial charge on any atom is -0.365 e. The second-order valence-corrected chi connectivity index (χ2v) is 6.82. The zero-order valence-electron chi connectivity index (χ0n) is 14.5. The Labute approximate surface area is 147 Å². The van der Waals surface area contributed by atoms with E-state index in [1.807, 2.05) is 36.1 Å². The van der Waals surface area contributed by atoms with Gasteiger partial charge in [-0.2, -0.15) is 0 Å². The zero-order valence-corrected chi connectivity index (χ0v) is 14.5. The van der Waals surface area contributed by atoms with Crippen molar-refractivity contribution < 1.29 is 14.1 Å². The van der Waals surface area contributed by atoms with Crippen LogP contribution in [-0.4, -0.2) is 41.7 Å². The van der Waals surface area contributed by atoms with Gasteiger partial charge in [0.15, 0.2) is 0 Å². The molecule has 2 aromatic rings. The van der Waals surface area contributed by atoms with Crippen molar-refractivity contribution in [3.05, 3.63) is 47.3 Å². The van der Waals surface area contributed by atoms with Gasteiger partial charge in [0.25, 0.3) is 5.91 Å². The van der Waals surface area contributed by atoms with Crippen molar-refractivity contribution in [3.8, 4) is 0 Å². The highest BCUT2D eigenvalue weighted by molar-refractivity contribution is 5.95. The van der Waals surface area contributed by atoms with Gasteiger partial charge in [-0.15, -0.1) is 0 Å². The molecule has 1 amide bonds. The molecular weight excluding hydrogens is 318 g/mol. The van der Waals surface area contributed by atoms with Crippen LogP contribution in [0.4, 0.5) is 5.69 Å². The number of amides is 1. The number of hydrogen-bond donors (Lipinski definition) is 0. The van der Waals surface area contributed by atoms with Gasteiger partial charge < -0.3 is 14.2 Å². The minimum atomic E-state index is 0.00131. The van der Waals surface area contributed by atoms with E-state index < -0.39 is 0 Å². The Balaban J connectivity index is 1.46. The topological polar surface area (TPSA) is 58.8 Å². The third-order valence-electron chi connectivity index (χ3n) is 5.00. The molecule has 0 aliphatic carbocycles. The standard InChI is InChI=1S/C19H23N3O3/c1-14-9-16(20-25-14)12-24-13-19(23)22-11-17-6-4-8-21(17)10-15-5-2-3-7-18(15)22/h2-3,5,7,9,17H,4,6,8,10-13H2,1H3. The van der Waals surface area contributed by atoms with Crippen LogP contribution >= 0.6 is 0 Å². The van der Waals surface area contributed by atoms with Gasteiger partial charge in [0.05, 0.1) is 6.61 Å². The van der Waals surface area contributed by atoms with Crippen molar-refractivity contribution in [2.45, 2.75) is 39.0 Å². The van der Waals surface area contributed by atoms with Gasteiger partial charge >= 0.3 is 0 Å². The number of para-hydroxylation sites is 1. The molecule has 2 aliphatic heterocycles. The molecular formula is C19H23N3O3. The first-order valence-corrected chi connectivity index (χ1v) is 8.83. The maximum absolute atomic E-state index is 12.8. The molecule has 132 valence electrons. The summed E-state index contributed by atoms with van der Waals surface area (Å²) < 4.78 is 10.6. The zero-order chi connectivity index (χ0) is 17.2.